The van der Waals surface area contributed by atoms with Gasteiger partial charge in [0, 0.05) is 34.9 Å². The van der Waals surface area contributed by atoms with Crippen LogP contribution in [0.1, 0.15) is 0 Å². The van der Waals surface area contributed by atoms with Crippen LogP contribution in [0, 0.1) is 0 Å². The van der Waals surface area contributed by atoms with Gasteiger partial charge in [0.25, 0.3) is 0 Å². The Balaban J connectivity index is 1.37. The number of nitrogens with one attached hydrogen (secondary N) is 2. The number of nitrogens with zero attached hydrogens (tertiary/aromatic N) is 6. The summed E-state index contributed by atoms with van der Waals surface area (Å²) >= 11 is 7.65. The molecule has 0 bridgehead atoms. The first-order valence-electron chi connectivity index (χ1n) is 11.2. The van der Waals surface area contributed by atoms with E-state index >= 15 is 0 Å². The molecule has 0 aliphatic carbocycles. The van der Waals surface area contributed by atoms with E-state index in [9.17, 15) is 0 Å². The Morgan fingerprint density at radius 3 is 2.69 bits per heavy atom. The van der Waals surface area contributed by atoms with E-state index in [2.05, 4.69) is 30.0 Å². The summed E-state index contributed by atoms with van der Waals surface area (Å²) in [6.45, 7) is 1.40. The Bertz CT molecular complexity index is 1690. The van der Waals surface area contributed by atoms with Crippen LogP contribution in [-0.4, -0.2) is 67.3 Å². The SMILES string of the molecule is CN(C)CCOc1cncc(-c2ccc3[nH]nc(-c4nc5c(-c6ccc(Cl)s6)cncc5[nH]4)c3n2)c1. The summed E-state index contributed by atoms with van der Waals surface area (Å²) in [6.07, 6.45) is 7.04. The molecule has 0 aliphatic heterocycles. The predicted molar refractivity (Wildman–Crippen MR) is 142 cm³/mol. The van der Waals surface area contributed by atoms with Crippen molar-refractivity contribution in [3.05, 3.63) is 59.5 Å². The van der Waals surface area contributed by atoms with Gasteiger partial charge in [0.15, 0.2) is 11.5 Å². The number of aromatic amines is 2. The number of rotatable bonds is 7. The van der Waals surface area contributed by atoms with Gasteiger partial charge in [0.1, 0.15) is 23.4 Å². The number of likely N-dealkylation sites (N-methyl/N-ethyl adjacent to an activating group) is 1. The number of imidazole rings is 1. The first-order valence-corrected chi connectivity index (χ1v) is 12.4. The lowest BCUT2D eigenvalue weighted by Gasteiger charge is -2.11. The molecule has 0 aliphatic rings. The second-order valence-corrected chi connectivity index (χ2v) is 10.2. The molecule has 180 valence electrons. The van der Waals surface area contributed by atoms with Crippen LogP contribution >= 0.6 is 22.9 Å². The van der Waals surface area contributed by atoms with Crippen LogP contribution in [0.5, 0.6) is 5.75 Å². The third-order valence-electron chi connectivity index (χ3n) is 5.68. The molecular formula is C25H21ClN8OS. The molecule has 0 radical (unpaired) electrons. The van der Waals surface area contributed by atoms with Crippen LogP contribution < -0.4 is 4.74 Å². The number of hydrogen-bond acceptors (Lipinski definition) is 8. The zero-order chi connectivity index (χ0) is 24.6. The number of halogens is 1. The van der Waals surface area contributed by atoms with E-state index in [1.807, 2.05) is 44.4 Å². The molecule has 2 N–H and O–H groups in total. The minimum atomic E-state index is 0.580. The van der Waals surface area contributed by atoms with Gasteiger partial charge in [-0.15, -0.1) is 11.3 Å². The second kappa shape index (κ2) is 9.30. The maximum atomic E-state index is 6.16. The van der Waals surface area contributed by atoms with Crippen LogP contribution in [0.4, 0.5) is 0 Å². The van der Waals surface area contributed by atoms with Gasteiger partial charge < -0.3 is 14.6 Å². The van der Waals surface area contributed by atoms with Gasteiger partial charge in [0.2, 0.25) is 0 Å². The highest BCUT2D eigenvalue weighted by Crippen LogP contribution is 2.35. The molecular weight excluding hydrogens is 496 g/mol. The standard InChI is InChI=1S/C25H21ClN8OS/c1-34(2)7-8-35-15-9-14(10-27-11-15)17-3-4-18-23(29-17)24(33-32-18)25-30-19-13-28-12-16(22(19)31-25)20-5-6-21(26)36-20/h3-6,9-13H,7-8H2,1-2H3,(H,30,31)(H,32,33). The topological polar surface area (TPSA) is 109 Å². The molecule has 9 nitrogen and oxygen atoms in total. The van der Waals surface area contributed by atoms with E-state index in [0.29, 0.717) is 29.4 Å². The van der Waals surface area contributed by atoms with E-state index in [0.717, 1.165) is 49.1 Å². The fourth-order valence-corrected chi connectivity index (χ4v) is 4.95. The molecule has 6 heterocycles. The van der Waals surface area contributed by atoms with Crippen molar-refractivity contribution in [2.24, 2.45) is 0 Å². The second-order valence-electron chi connectivity index (χ2n) is 8.50. The highest BCUT2D eigenvalue weighted by atomic mass is 35.5. The predicted octanol–water partition coefficient (Wildman–Crippen LogP) is 5.28. The van der Waals surface area contributed by atoms with Crippen LogP contribution in [-0.2, 0) is 0 Å². The maximum Gasteiger partial charge on any atom is 0.161 e. The third-order valence-corrected chi connectivity index (χ3v) is 6.95. The molecule has 6 rings (SSSR count). The molecule has 0 saturated heterocycles. The molecule has 0 amide bonds. The fraction of sp³-hybridized carbons (Fsp3) is 0.160. The van der Waals surface area contributed by atoms with Crippen molar-refractivity contribution in [1.82, 2.24) is 40.0 Å². The van der Waals surface area contributed by atoms with Crippen molar-refractivity contribution in [1.29, 1.82) is 0 Å². The van der Waals surface area contributed by atoms with Gasteiger partial charge in [-0.1, -0.05) is 11.6 Å². The van der Waals surface area contributed by atoms with Gasteiger partial charge in [0.05, 0.1) is 33.5 Å². The third kappa shape index (κ3) is 4.30. The van der Waals surface area contributed by atoms with E-state index in [4.69, 9.17) is 26.3 Å². The Hall–Kier alpha value is -3.86. The van der Waals surface area contributed by atoms with Gasteiger partial charge in [-0.2, -0.15) is 5.10 Å². The summed E-state index contributed by atoms with van der Waals surface area (Å²) in [7, 11) is 4.02. The number of hydrogen-bond donors (Lipinski definition) is 2. The summed E-state index contributed by atoms with van der Waals surface area (Å²) < 4.78 is 6.57. The van der Waals surface area contributed by atoms with Gasteiger partial charge in [-0.25, -0.2) is 9.97 Å². The van der Waals surface area contributed by atoms with E-state index in [1.165, 1.54) is 11.3 Å². The molecule has 6 aromatic heterocycles. The highest BCUT2D eigenvalue weighted by molar-refractivity contribution is 7.19. The lowest BCUT2D eigenvalue weighted by atomic mass is 10.1. The first kappa shape index (κ1) is 22.6. The Morgan fingerprint density at radius 1 is 0.972 bits per heavy atom. The van der Waals surface area contributed by atoms with Gasteiger partial charge in [-0.3, -0.25) is 15.1 Å². The number of fused-ring (bicyclic) bond motifs is 2. The molecule has 0 unspecified atom stereocenters. The molecule has 0 atom stereocenters. The Labute approximate surface area is 215 Å². The molecule has 6 aromatic rings. The van der Waals surface area contributed by atoms with Crippen molar-refractivity contribution in [2.45, 2.75) is 0 Å². The molecule has 0 aromatic carbocycles. The summed E-state index contributed by atoms with van der Waals surface area (Å²) in [5.41, 5.74) is 6.30. The van der Waals surface area contributed by atoms with Crippen LogP contribution in [0.15, 0.2) is 55.1 Å². The van der Waals surface area contributed by atoms with E-state index < -0.39 is 0 Å². The van der Waals surface area contributed by atoms with Crippen LogP contribution in [0.2, 0.25) is 4.34 Å². The normalized spacial score (nSPS) is 11.7. The molecule has 0 fully saturated rings. The zero-order valence-electron chi connectivity index (χ0n) is 19.5. The largest absolute Gasteiger partial charge is 0.491 e. The first-order chi connectivity index (χ1) is 17.5. The average molecular weight is 517 g/mol. The minimum absolute atomic E-state index is 0.580. The maximum absolute atomic E-state index is 6.16. The molecule has 0 saturated carbocycles. The lowest BCUT2D eigenvalue weighted by molar-refractivity contribution is 0.261. The van der Waals surface area contributed by atoms with Crippen LogP contribution in [0.3, 0.4) is 0 Å². The highest BCUT2D eigenvalue weighted by Gasteiger charge is 2.18. The number of H-pyrrole nitrogens is 2. The van der Waals surface area contributed by atoms with E-state index in [-0.39, 0.29) is 0 Å². The summed E-state index contributed by atoms with van der Waals surface area (Å²) in [6, 6.07) is 9.69. The van der Waals surface area contributed by atoms with Crippen LogP contribution in [0.25, 0.3) is 55.3 Å². The number of ether oxygens (including phenoxy) is 1. The smallest absolute Gasteiger partial charge is 0.161 e. The summed E-state index contributed by atoms with van der Waals surface area (Å²) in [4.78, 5) is 24.9. The fourth-order valence-electron chi connectivity index (χ4n) is 3.89. The van der Waals surface area contributed by atoms with Crippen molar-refractivity contribution < 1.29 is 4.74 Å². The van der Waals surface area contributed by atoms with Crippen molar-refractivity contribution in [2.75, 3.05) is 27.2 Å². The summed E-state index contributed by atoms with van der Waals surface area (Å²) in [5, 5.41) is 7.57. The minimum Gasteiger partial charge on any atom is -0.491 e. The number of thiophene rings is 1. The Kier molecular flexibility index (Phi) is 5.84. The van der Waals surface area contributed by atoms with Crippen molar-refractivity contribution >= 4 is 45.0 Å². The Morgan fingerprint density at radius 2 is 1.86 bits per heavy atom. The molecule has 36 heavy (non-hydrogen) atoms. The summed E-state index contributed by atoms with van der Waals surface area (Å²) in [5.74, 6) is 1.31. The molecule has 11 heteroatoms. The zero-order valence-corrected chi connectivity index (χ0v) is 21.1. The number of aromatic nitrogens is 7. The number of pyridine rings is 3. The lowest BCUT2D eigenvalue weighted by Crippen LogP contribution is -2.19. The van der Waals surface area contributed by atoms with Gasteiger partial charge in [-0.05, 0) is 44.4 Å². The molecule has 0 spiro atoms. The monoisotopic (exact) mass is 516 g/mol. The van der Waals surface area contributed by atoms with Crippen molar-refractivity contribution in [3.63, 3.8) is 0 Å². The quantitative estimate of drug-likeness (QED) is 0.297. The van der Waals surface area contributed by atoms with E-state index in [1.54, 1.807) is 24.8 Å². The van der Waals surface area contributed by atoms with Gasteiger partial charge >= 0.3 is 0 Å². The van der Waals surface area contributed by atoms with Crippen molar-refractivity contribution in [3.8, 4) is 39.0 Å². The average Bonchev–Trinajstić information content (AvgIpc) is 3.61.